The lowest BCUT2D eigenvalue weighted by molar-refractivity contribution is 0.102. The van der Waals surface area contributed by atoms with Gasteiger partial charge in [-0.25, -0.2) is 8.42 Å². The Morgan fingerprint density at radius 2 is 1.65 bits per heavy atom. The van der Waals surface area contributed by atoms with E-state index in [1.165, 1.54) is 17.5 Å². The third-order valence-corrected chi connectivity index (χ3v) is 8.34. The molecule has 37 heavy (non-hydrogen) atoms. The summed E-state index contributed by atoms with van der Waals surface area (Å²) in [6, 6.07) is 24.8. The van der Waals surface area contributed by atoms with Crippen molar-refractivity contribution in [1.82, 2.24) is 0 Å². The second-order valence-corrected chi connectivity index (χ2v) is 10.4. The third kappa shape index (κ3) is 4.40. The zero-order chi connectivity index (χ0) is 26.2. The smallest absolute Gasteiger partial charge is 0.264 e. The molecule has 0 saturated carbocycles. The highest BCUT2D eigenvalue weighted by molar-refractivity contribution is 7.92. The van der Waals surface area contributed by atoms with Crippen LogP contribution in [0.1, 0.15) is 22.8 Å². The Morgan fingerprint density at radius 3 is 2.38 bits per heavy atom. The van der Waals surface area contributed by atoms with Crippen LogP contribution in [0.15, 0.2) is 94.2 Å². The van der Waals surface area contributed by atoms with Crippen molar-refractivity contribution in [2.75, 3.05) is 23.3 Å². The van der Waals surface area contributed by atoms with Gasteiger partial charge in [-0.15, -0.1) is 0 Å². The number of carbonyl (C=O) groups excluding carboxylic acids is 1. The van der Waals surface area contributed by atoms with Gasteiger partial charge in [0, 0.05) is 28.9 Å². The predicted octanol–water partition coefficient (Wildman–Crippen LogP) is 6.37. The number of rotatable bonds is 7. The van der Waals surface area contributed by atoms with Gasteiger partial charge in [-0.05, 0) is 55.8 Å². The summed E-state index contributed by atoms with van der Waals surface area (Å²) in [5, 5.41) is 4.67. The predicted molar refractivity (Wildman–Crippen MR) is 146 cm³/mol. The molecule has 188 valence electrons. The number of para-hydroxylation sites is 2. The molecule has 4 aromatic carbocycles. The van der Waals surface area contributed by atoms with Crippen molar-refractivity contribution in [3.63, 3.8) is 0 Å². The molecule has 5 aromatic rings. The van der Waals surface area contributed by atoms with E-state index in [1.54, 1.807) is 56.3 Å². The number of aryl methyl sites for hydroxylation is 1. The molecule has 0 aliphatic heterocycles. The second kappa shape index (κ2) is 9.63. The van der Waals surface area contributed by atoms with Crippen LogP contribution in [0, 0.1) is 6.92 Å². The Labute approximate surface area is 215 Å². The molecule has 0 fully saturated rings. The van der Waals surface area contributed by atoms with Crippen LogP contribution in [0.2, 0.25) is 0 Å². The first-order chi connectivity index (χ1) is 17.8. The van der Waals surface area contributed by atoms with Gasteiger partial charge in [0.1, 0.15) is 16.9 Å². The fraction of sp³-hybridized carbons (Fsp3) is 0.138. The van der Waals surface area contributed by atoms with Gasteiger partial charge < -0.3 is 14.5 Å². The summed E-state index contributed by atoms with van der Waals surface area (Å²) < 4.78 is 40.0. The summed E-state index contributed by atoms with van der Waals surface area (Å²) in [5.74, 6) is 0.00145. The minimum atomic E-state index is -3.91. The first kappa shape index (κ1) is 24.4. The number of furan rings is 1. The summed E-state index contributed by atoms with van der Waals surface area (Å²) >= 11 is 0. The number of fused-ring (bicyclic) bond motifs is 3. The van der Waals surface area contributed by atoms with E-state index in [1.807, 2.05) is 36.4 Å². The minimum Gasteiger partial charge on any atom is -0.495 e. The average molecular weight is 515 g/mol. The molecule has 0 atom stereocenters. The first-order valence-corrected chi connectivity index (χ1v) is 13.3. The Kier molecular flexibility index (Phi) is 6.35. The van der Waals surface area contributed by atoms with Crippen molar-refractivity contribution < 1.29 is 22.4 Å². The molecule has 1 heterocycles. The number of amides is 1. The number of anilines is 2. The second-order valence-electron chi connectivity index (χ2n) is 8.59. The molecule has 5 rings (SSSR count). The van der Waals surface area contributed by atoms with E-state index in [0.29, 0.717) is 28.3 Å². The number of hydrogen-bond acceptors (Lipinski definition) is 5. The minimum absolute atomic E-state index is 0.0746. The number of benzene rings is 4. The Hall–Kier alpha value is -4.30. The van der Waals surface area contributed by atoms with Crippen molar-refractivity contribution >= 4 is 49.2 Å². The number of nitrogens with zero attached hydrogens (tertiary/aromatic N) is 1. The lowest BCUT2D eigenvalue weighted by Gasteiger charge is -2.24. The van der Waals surface area contributed by atoms with Crippen LogP contribution in [0.5, 0.6) is 5.75 Å². The zero-order valence-electron chi connectivity index (χ0n) is 20.7. The summed E-state index contributed by atoms with van der Waals surface area (Å²) in [6.07, 6.45) is 0. The molecule has 1 amide bonds. The number of ether oxygens (including phenoxy) is 1. The summed E-state index contributed by atoms with van der Waals surface area (Å²) in [7, 11) is -2.38. The molecule has 0 aliphatic carbocycles. The number of carbonyl (C=O) groups is 1. The number of hydrogen-bond donors (Lipinski definition) is 1. The van der Waals surface area contributed by atoms with Crippen LogP contribution in [-0.4, -0.2) is 28.0 Å². The average Bonchev–Trinajstić information content (AvgIpc) is 3.26. The van der Waals surface area contributed by atoms with Gasteiger partial charge in [0.05, 0.1) is 23.4 Å². The molecule has 1 aromatic heterocycles. The molecule has 0 unspecified atom stereocenters. The lowest BCUT2D eigenvalue weighted by atomic mass is 10.1. The van der Waals surface area contributed by atoms with Crippen LogP contribution < -0.4 is 14.4 Å². The standard InChI is InChI=1S/C29H26N2O5S/c1-4-31(21-10-6-5-7-11-21)37(33,34)28-16-20(15-14-19(28)2)29(32)30-24-18-26-23(17-27(24)35-3)22-12-8-9-13-25(22)36-26/h5-18H,4H2,1-3H3,(H,30,32). The molecule has 0 spiro atoms. The van der Waals surface area contributed by atoms with Crippen molar-refractivity contribution in [1.29, 1.82) is 0 Å². The van der Waals surface area contributed by atoms with Crippen LogP contribution in [0.25, 0.3) is 21.9 Å². The molecule has 0 radical (unpaired) electrons. The Morgan fingerprint density at radius 1 is 0.919 bits per heavy atom. The maximum Gasteiger partial charge on any atom is 0.264 e. The monoisotopic (exact) mass is 514 g/mol. The SMILES string of the molecule is CCN(c1ccccc1)S(=O)(=O)c1cc(C(=O)Nc2cc3oc4ccccc4c3cc2OC)ccc1C. The highest BCUT2D eigenvalue weighted by atomic mass is 32.2. The quantitative estimate of drug-likeness (QED) is 0.273. The van der Waals surface area contributed by atoms with Gasteiger partial charge in [-0.1, -0.05) is 42.5 Å². The van der Waals surface area contributed by atoms with Crippen LogP contribution >= 0.6 is 0 Å². The van der Waals surface area contributed by atoms with Gasteiger partial charge in [0.2, 0.25) is 0 Å². The first-order valence-electron chi connectivity index (χ1n) is 11.8. The van der Waals surface area contributed by atoms with E-state index in [-0.39, 0.29) is 17.0 Å². The topological polar surface area (TPSA) is 88.9 Å². The Bertz CT molecular complexity index is 1730. The number of sulfonamides is 1. The highest BCUT2D eigenvalue weighted by Crippen LogP contribution is 2.36. The molecule has 7 nitrogen and oxygen atoms in total. The van der Waals surface area contributed by atoms with Crippen LogP contribution in [0.4, 0.5) is 11.4 Å². The summed E-state index contributed by atoms with van der Waals surface area (Å²) in [6.45, 7) is 3.74. The highest BCUT2D eigenvalue weighted by Gasteiger charge is 2.26. The van der Waals surface area contributed by atoms with Crippen LogP contribution in [-0.2, 0) is 10.0 Å². The van der Waals surface area contributed by atoms with Gasteiger partial charge >= 0.3 is 0 Å². The van der Waals surface area contributed by atoms with Gasteiger partial charge in [-0.2, -0.15) is 0 Å². The number of methoxy groups -OCH3 is 1. The lowest BCUT2D eigenvalue weighted by Crippen LogP contribution is -2.31. The van der Waals surface area contributed by atoms with E-state index in [4.69, 9.17) is 9.15 Å². The maximum absolute atomic E-state index is 13.6. The van der Waals surface area contributed by atoms with Gasteiger partial charge in [-0.3, -0.25) is 9.10 Å². The summed E-state index contributed by atoms with van der Waals surface area (Å²) in [4.78, 5) is 13.4. The third-order valence-electron chi connectivity index (χ3n) is 6.30. The van der Waals surface area contributed by atoms with E-state index in [0.717, 1.165) is 16.4 Å². The molecular weight excluding hydrogens is 488 g/mol. The fourth-order valence-electron chi connectivity index (χ4n) is 4.44. The van der Waals surface area contributed by atoms with Crippen LogP contribution in [0.3, 0.4) is 0 Å². The van der Waals surface area contributed by atoms with Crippen molar-refractivity contribution in [3.05, 3.63) is 96.1 Å². The molecule has 1 N–H and O–H groups in total. The molecular formula is C29H26N2O5S. The van der Waals surface area contributed by atoms with Crippen molar-refractivity contribution in [2.45, 2.75) is 18.7 Å². The largest absolute Gasteiger partial charge is 0.495 e. The zero-order valence-corrected chi connectivity index (χ0v) is 21.5. The van der Waals surface area contributed by atoms with E-state index in [2.05, 4.69) is 5.32 Å². The summed E-state index contributed by atoms with van der Waals surface area (Å²) in [5.41, 5.74) is 3.07. The van der Waals surface area contributed by atoms with E-state index >= 15 is 0 Å². The normalized spacial score (nSPS) is 11.5. The van der Waals surface area contributed by atoms with Crippen molar-refractivity contribution in [2.24, 2.45) is 0 Å². The molecule has 0 aliphatic rings. The number of nitrogens with one attached hydrogen (secondary N) is 1. The molecule has 0 bridgehead atoms. The maximum atomic E-state index is 13.6. The van der Waals surface area contributed by atoms with E-state index < -0.39 is 15.9 Å². The van der Waals surface area contributed by atoms with Gasteiger partial charge in [0.25, 0.3) is 15.9 Å². The molecule has 0 saturated heterocycles. The van der Waals surface area contributed by atoms with E-state index in [9.17, 15) is 13.2 Å². The fourth-order valence-corrected chi connectivity index (χ4v) is 6.16. The van der Waals surface area contributed by atoms with Gasteiger partial charge in [0.15, 0.2) is 0 Å². The molecule has 8 heteroatoms. The Balaban J connectivity index is 1.50. The van der Waals surface area contributed by atoms with Crippen molar-refractivity contribution in [3.8, 4) is 5.75 Å².